The summed E-state index contributed by atoms with van der Waals surface area (Å²) in [5.41, 5.74) is 3.11. The Morgan fingerprint density at radius 3 is 2.38 bits per heavy atom. The van der Waals surface area contributed by atoms with E-state index in [0.29, 0.717) is 30.3 Å². The van der Waals surface area contributed by atoms with Gasteiger partial charge in [0.05, 0.1) is 33.0 Å². The molecular weight excluding hydrogens is 436 g/mol. The van der Waals surface area contributed by atoms with Crippen LogP contribution in [0.2, 0.25) is 0 Å². The van der Waals surface area contributed by atoms with Crippen LogP contribution in [0.15, 0.2) is 36.5 Å². The minimum absolute atomic E-state index is 0.261. The van der Waals surface area contributed by atoms with E-state index in [-0.39, 0.29) is 12.6 Å². The number of carbonyl (C=O) groups is 1. The molecule has 3 aliphatic rings. The van der Waals surface area contributed by atoms with Crippen LogP contribution in [-0.2, 0) is 20.8 Å². The summed E-state index contributed by atoms with van der Waals surface area (Å²) in [6.45, 7) is 3.23. The number of fused-ring (bicyclic) bond motifs is 2. The van der Waals surface area contributed by atoms with Crippen molar-refractivity contribution >= 4 is 22.6 Å². The molecule has 8 heteroatoms. The molecule has 3 aromatic rings. The fourth-order valence-corrected chi connectivity index (χ4v) is 5.23. The largest absolute Gasteiger partial charge is 0.493 e. The summed E-state index contributed by atoms with van der Waals surface area (Å²) in [4.78, 5) is 19.7. The highest BCUT2D eigenvalue weighted by atomic mass is 16.7. The van der Waals surface area contributed by atoms with Gasteiger partial charge in [0.15, 0.2) is 17.3 Å². The Morgan fingerprint density at radius 1 is 0.971 bits per heavy atom. The molecule has 2 fully saturated rings. The van der Waals surface area contributed by atoms with E-state index in [9.17, 15) is 4.79 Å². The second-order valence-electron chi connectivity index (χ2n) is 8.79. The van der Waals surface area contributed by atoms with Gasteiger partial charge in [-0.2, -0.15) is 0 Å². The van der Waals surface area contributed by atoms with E-state index in [1.54, 1.807) is 14.2 Å². The van der Waals surface area contributed by atoms with Crippen molar-refractivity contribution in [3.05, 3.63) is 47.7 Å². The standard InChI is InChI=1S/C26H26N2O6/c1-30-20-12-17-11-18-15-32-25(29)24(18)23(19(17)13-21(20)31-2)16-3-4-22(27-14-16)28-7-5-26(6-8-28)33-9-10-34-26/h3-4,11-14H,5-10,15H2,1-2H3. The van der Waals surface area contributed by atoms with Crippen LogP contribution >= 0.6 is 0 Å². The van der Waals surface area contributed by atoms with Crippen molar-refractivity contribution in [3.8, 4) is 22.6 Å². The zero-order valence-electron chi connectivity index (χ0n) is 19.3. The number of esters is 1. The Bertz CT molecular complexity index is 1260. The molecule has 176 valence electrons. The van der Waals surface area contributed by atoms with E-state index < -0.39 is 5.79 Å². The first-order valence-electron chi connectivity index (χ1n) is 11.5. The summed E-state index contributed by atoms with van der Waals surface area (Å²) in [6, 6.07) is 9.86. The molecule has 0 aliphatic carbocycles. The van der Waals surface area contributed by atoms with Gasteiger partial charge in [0.1, 0.15) is 12.4 Å². The Morgan fingerprint density at radius 2 is 1.71 bits per heavy atom. The molecule has 3 aliphatic heterocycles. The van der Waals surface area contributed by atoms with Gasteiger partial charge in [-0.05, 0) is 41.1 Å². The Labute approximate surface area is 197 Å². The molecule has 0 bridgehead atoms. The van der Waals surface area contributed by atoms with Gasteiger partial charge in [-0.1, -0.05) is 0 Å². The molecule has 1 aromatic heterocycles. The van der Waals surface area contributed by atoms with Crippen molar-refractivity contribution in [2.45, 2.75) is 25.2 Å². The molecule has 4 heterocycles. The van der Waals surface area contributed by atoms with Crippen molar-refractivity contribution < 1.29 is 28.5 Å². The molecule has 0 saturated carbocycles. The van der Waals surface area contributed by atoms with E-state index in [2.05, 4.69) is 4.90 Å². The number of rotatable bonds is 4. The topological polar surface area (TPSA) is 79.4 Å². The van der Waals surface area contributed by atoms with E-state index in [1.807, 2.05) is 36.5 Å². The molecule has 6 rings (SSSR count). The number of nitrogens with zero attached hydrogens (tertiary/aromatic N) is 2. The average molecular weight is 463 g/mol. The lowest BCUT2D eigenvalue weighted by molar-refractivity contribution is -0.169. The van der Waals surface area contributed by atoms with E-state index in [1.165, 1.54) is 0 Å². The van der Waals surface area contributed by atoms with Crippen molar-refractivity contribution in [2.24, 2.45) is 0 Å². The van der Waals surface area contributed by atoms with Gasteiger partial charge in [0, 0.05) is 48.8 Å². The number of cyclic esters (lactones) is 1. The van der Waals surface area contributed by atoms with Crippen molar-refractivity contribution in [1.82, 2.24) is 4.98 Å². The summed E-state index contributed by atoms with van der Waals surface area (Å²) in [5.74, 6) is 1.41. The number of hydrogen-bond acceptors (Lipinski definition) is 8. The Kier molecular flexibility index (Phi) is 5.08. The molecule has 1 spiro atoms. The Balaban J connectivity index is 1.39. The number of ether oxygens (including phenoxy) is 5. The lowest BCUT2D eigenvalue weighted by Gasteiger charge is -2.38. The van der Waals surface area contributed by atoms with Gasteiger partial charge < -0.3 is 28.6 Å². The first kappa shape index (κ1) is 21.2. The fourth-order valence-electron chi connectivity index (χ4n) is 5.23. The predicted octanol–water partition coefficient (Wildman–Crippen LogP) is 3.93. The van der Waals surface area contributed by atoms with Crippen LogP contribution in [0.5, 0.6) is 11.5 Å². The van der Waals surface area contributed by atoms with Crippen molar-refractivity contribution in [2.75, 3.05) is 45.4 Å². The fraction of sp³-hybridized carbons (Fsp3) is 0.385. The van der Waals surface area contributed by atoms with E-state index >= 15 is 0 Å². The van der Waals surface area contributed by atoms with Gasteiger partial charge in [-0.3, -0.25) is 0 Å². The second-order valence-corrected chi connectivity index (χ2v) is 8.79. The quantitative estimate of drug-likeness (QED) is 0.540. The summed E-state index contributed by atoms with van der Waals surface area (Å²) < 4.78 is 28.1. The monoisotopic (exact) mass is 462 g/mol. The first-order chi connectivity index (χ1) is 16.6. The first-order valence-corrected chi connectivity index (χ1v) is 11.5. The minimum Gasteiger partial charge on any atom is -0.493 e. The summed E-state index contributed by atoms with van der Waals surface area (Å²) in [6.07, 6.45) is 3.47. The van der Waals surface area contributed by atoms with Crippen molar-refractivity contribution in [3.63, 3.8) is 0 Å². The number of anilines is 1. The highest BCUT2D eigenvalue weighted by Gasteiger charge is 2.40. The molecule has 8 nitrogen and oxygen atoms in total. The van der Waals surface area contributed by atoms with E-state index in [0.717, 1.165) is 59.2 Å². The molecule has 2 aromatic carbocycles. The number of benzene rings is 2. The number of hydrogen-bond donors (Lipinski definition) is 0. The van der Waals surface area contributed by atoms with E-state index in [4.69, 9.17) is 28.7 Å². The number of carbonyl (C=O) groups excluding carboxylic acids is 1. The lowest BCUT2D eigenvalue weighted by Crippen LogP contribution is -2.45. The summed E-state index contributed by atoms with van der Waals surface area (Å²) in [5, 5.41) is 1.84. The summed E-state index contributed by atoms with van der Waals surface area (Å²) >= 11 is 0. The molecule has 34 heavy (non-hydrogen) atoms. The number of methoxy groups -OCH3 is 2. The zero-order valence-corrected chi connectivity index (χ0v) is 19.3. The predicted molar refractivity (Wildman–Crippen MR) is 125 cm³/mol. The summed E-state index contributed by atoms with van der Waals surface area (Å²) in [7, 11) is 3.21. The SMILES string of the molecule is COc1cc2cc3c(c(-c4ccc(N5CCC6(CC5)OCCO6)nc4)c2cc1OC)C(=O)OC3. The minimum atomic E-state index is -0.416. The maximum absolute atomic E-state index is 12.7. The van der Waals surface area contributed by atoms with Crippen molar-refractivity contribution in [1.29, 1.82) is 0 Å². The van der Waals surface area contributed by atoms with Crippen LogP contribution in [0.1, 0.15) is 28.8 Å². The molecule has 0 radical (unpaired) electrons. The van der Waals surface area contributed by atoms with Crippen LogP contribution in [0.25, 0.3) is 21.9 Å². The number of pyridine rings is 1. The van der Waals surface area contributed by atoms with Gasteiger partial charge in [-0.15, -0.1) is 0 Å². The zero-order chi connectivity index (χ0) is 23.3. The van der Waals surface area contributed by atoms with Crippen LogP contribution in [0.4, 0.5) is 5.82 Å². The highest BCUT2D eigenvalue weighted by molar-refractivity contribution is 6.11. The smallest absolute Gasteiger partial charge is 0.339 e. The third-order valence-electron chi connectivity index (χ3n) is 6.99. The molecule has 0 amide bonds. The lowest BCUT2D eigenvalue weighted by atomic mass is 9.91. The third kappa shape index (κ3) is 3.36. The third-order valence-corrected chi connectivity index (χ3v) is 6.99. The molecule has 0 unspecified atom stereocenters. The maximum Gasteiger partial charge on any atom is 0.339 e. The van der Waals surface area contributed by atoms with Crippen LogP contribution < -0.4 is 14.4 Å². The molecular formula is C26H26N2O6. The normalized spacial score (nSPS) is 18.9. The average Bonchev–Trinajstić information content (AvgIpc) is 3.49. The molecule has 0 atom stereocenters. The molecule has 2 saturated heterocycles. The van der Waals surface area contributed by atoms with Crippen LogP contribution in [0, 0.1) is 0 Å². The molecule has 0 N–H and O–H groups in total. The second kappa shape index (κ2) is 8.14. The number of aromatic nitrogens is 1. The number of piperidine rings is 1. The van der Waals surface area contributed by atoms with Gasteiger partial charge in [-0.25, -0.2) is 9.78 Å². The highest BCUT2D eigenvalue weighted by Crippen LogP contribution is 2.42. The van der Waals surface area contributed by atoms with Gasteiger partial charge >= 0.3 is 5.97 Å². The Hall–Kier alpha value is -3.36. The van der Waals surface area contributed by atoms with Gasteiger partial charge in [0.25, 0.3) is 0 Å². The van der Waals surface area contributed by atoms with Crippen LogP contribution in [0.3, 0.4) is 0 Å². The van der Waals surface area contributed by atoms with Crippen LogP contribution in [-0.4, -0.2) is 57.3 Å². The van der Waals surface area contributed by atoms with Gasteiger partial charge in [0.2, 0.25) is 0 Å². The maximum atomic E-state index is 12.7.